The Morgan fingerprint density at radius 3 is 2.38 bits per heavy atom. The van der Waals surface area contributed by atoms with Crippen LogP contribution in [-0.4, -0.2) is 23.7 Å². The zero-order chi connectivity index (χ0) is 15.6. The van der Waals surface area contributed by atoms with Crippen LogP contribution in [-0.2, 0) is 4.79 Å². The monoisotopic (exact) mass is 297 g/mol. The molecule has 1 aromatic rings. The van der Waals surface area contributed by atoms with Gasteiger partial charge in [-0.3, -0.25) is 4.79 Å². The summed E-state index contributed by atoms with van der Waals surface area (Å²) in [6.45, 7) is 4.04. The standard InChI is InChI=1S/C16H21F2NO2/c1-16(2,15(20)21)3-4-19-14-7-11(8-14)10-5-12(17)9-13(18)6-10/h5-6,9,11,14,19H,3-4,7-8H2,1-2H3,(H,20,21). The first kappa shape index (κ1) is 15.9. The Bertz CT molecular complexity index is 505. The molecule has 0 aromatic heterocycles. The third-order valence-electron chi connectivity index (χ3n) is 4.26. The van der Waals surface area contributed by atoms with Crippen LogP contribution < -0.4 is 5.32 Å². The van der Waals surface area contributed by atoms with Crippen molar-refractivity contribution in [1.29, 1.82) is 0 Å². The molecule has 3 nitrogen and oxygen atoms in total. The average Bonchev–Trinajstić information content (AvgIpc) is 2.30. The highest BCUT2D eigenvalue weighted by Crippen LogP contribution is 2.37. The van der Waals surface area contributed by atoms with Gasteiger partial charge in [-0.15, -0.1) is 0 Å². The van der Waals surface area contributed by atoms with Gasteiger partial charge >= 0.3 is 5.97 Å². The van der Waals surface area contributed by atoms with Gasteiger partial charge in [0.2, 0.25) is 0 Å². The van der Waals surface area contributed by atoms with Crippen LogP contribution >= 0.6 is 0 Å². The first-order valence-electron chi connectivity index (χ1n) is 7.21. The van der Waals surface area contributed by atoms with E-state index in [0.717, 1.165) is 18.9 Å². The minimum absolute atomic E-state index is 0.181. The van der Waals surface area contributed by atoms with Crippen LogP contribution in [0.3, 0.4) is 0 Å². The number of carboxylic acid groups (broad SMARTS) is 1. The fourth-order valence-electron chi connectivity index (χ4n) is 2.56. The molecule has 2 N–H and O–H groups in total. The molecule has 21 heavy (non-hydrogen) atoms. The van der Waals surface area contributed by atoms with Gasteiger partial charge in [0, 0.05) is 12.1 Å². The minimum Gasteiger partial charge on any atom is -0.481 e. The Morgan fingerprint density at radius 2 is 1.86 bits per heavy atom. The maximum atomic E-state index is 13.1. The normalized spacial score (nSPS) is 21.9. The summed E-state index contributed by atoms with van der Waals surface area (Å²) in [4.78, 5) is 11.0. The highest BCUT2D eigenvalue weighted by Gasteiger charge is 2.32. The molecule has 1 aliphatic rings. The molecule has 116 valence electrons. The van der Waals surface area contributed by atoms with Gasteiger partial charge in [-0.1, -0.05) is 0 Å². The van der Waals surface area contributed by atoms with E-state index in [1.807, 2.05) is 0 Å². The molecule has 5 heteroatoms. The Labute approximate surface area is 123 Å². The molecule has 2 rings (SSSR count). The van der Waals surface area contributed by atoms with Crippen molar-refractivity contribution in [1.82, 2.24) is 5.32 Å². The molecule has 0 spiro atoms. The number of hydrogen-bond acceptors (Lipinski definition) is 2. The third kappa shape index (κ3) is 4.00. The van der Waals surface area contributed by atoms with E-state index >= 15 is 0 Å². The molecule has 0 atom stereocenters. The fraction of sp³-hybridized carbons (Fsp3) is 0.562. The lowest BCUT2D eigenvalue weighted by atomic mass is 9.75. The van der Waals surface area contributed by atoms with Crippen molar-refractivity contribution in [2.24, 2.45) is 5.41 Å². The van der Waals surface area contributed by atoms with Crippen LogP contribution in [0, 0.1) is 17.0 Å². The van der Waals surface area contributed by atoms with Gasteiger partial charge in [0.15, 0.2) is 0 Å². The molecule has 0 aliphatic heterocycles. The molecule has 0 amide bonds. The zero-order valence-corrected chi connectivity index (χ0v) is 12.3. The van der Waals surface area contributed by atoms with Crippen molar-refractivity contribution in [2.75, 3.05) is 6.54 Å². The van der Waals surface area contributed by atoms with Crippen molar-refractivity contribution in [3.05, 3.63) is 35.4 Å². The number of aliphatic carboxylic acids is 1. The first-order chi connectivity index (χ1) is 9.78. The van der Waals surface area contributed by atoms with Crippen molar-refractivity contribution in [3.63, 3.8) is 0 Å². The second-order valence-corrected chi connectivity index (χ2v) is 6.46. The van der Waals surface area contributed by atoms with Crippen LogP contribution in [0.1, 0.15) is 44.6 Å². The lowest BCUT2D eigenvalue weighted by molar-refractivity contribution is -0.147. The Morgan fingerprint density at radius 1 is 1.29 bits per heavy atom. The Kier molecular flexibility index (Phi) is 4.61. The lowest BCUT2D eigenvalue weighted by Gasteiger charge is -2.37. The van der Waals surface area contributed by atoms with Crippen molar-refractivity contribution in [2.45, 2.75) is 45.1 Å². The highest BCUT2D eigenvalue weighted by molar-refractivity contribution is 5.73. The van der Waals surface area contributed by atoms with Crippen molar-refractivity contribution >= 4 is 5.97 Å². The molecular formula is C16H21F2NO2. The predicted molar refractivity (Wildman–Crippen MR) is 76.2 cm³/mol. The predicted octanol–water partition coefficient (Wildman–Crippen LogP) is 3.30. The summed E-state index contributed by atoms with van der Waals surface area (Å²) >= 11 is 0. The van der Waals surface area contributed by atoms with Crippen LogP contribution in [0.4, 0.5) is 8.78 Å². The molecule has 1 aromatic carbocycles. The van der Waals surface area contributed by atoms with Gasteiger partial charge in [0.05, 0.1) is 5.41 Å². The first-order valence-corrected chi connectivity index (χ1v) is 7.21. The number of rotatable bonds is 6. The van der Waals surface area contributed by atoms with Crippen molar-refractivity contribution in [3.8, 4) is 0 Å². The van der Waals surface area contributed by atoms with Gasteiger partial charge in [0.1, 0.15) is 11.6 Å². The number of nitrogens with one attached hydrogen (secondary N) is 1. The quantitative estimate of drug-likeness (QED) is 0.847. The van der Waals surface area contributed by atoms with Gasteiger partial charge in [-0.25, -0.2) is 8.78 Å². The van der Waals surface area contributed by atoms with Gasteiger partial charge in [-0.05, 0) is 63.3 Å². The van der Waals surface area contributed by atoms with E-state index in [4.69, 9.17) is 5.11 Å². The van der Waals surface area contributed by atoms with E-state index in [0.29, 0.717) is 24.6 Å². The van der Waals surface area contributed by atoms with Gasteiger partial charge < -0.3 is 10.4 Å². The van der Waals surface area contributed by atoms with Gasteiger partial charge in [0.25, 0.3) is 0 Å². The summed E-state index contributed by atoms with van der Waals surface area (Å²) in [7, 11) is 0. The maximum Gasteiger partial charge on any atom is 0.309 e. The molecule has 1 aliphatic carbocycles. The van der Waals surface area contributed by atoms with E-state index in [-0.39, 0.29) is 5.92 Å². The van der Waals surface area contributed by atoms with Crippen LogP contribution in [0.2, 0.25) is 0 Å². The minimum atomic E-state index is -0.800. The molecule has 0 heterocycles. The topological polar surface area (TPSA) is 49.3 Å². The number of benzene rings is 1. The van der Waals surface area contributed by atoms with Crippen LogP contribution in [0.25, 0.3) is 0 Å². The summed E-state index contributed by atoms with van der Waals surface area (Å²) in [6, 6.07) is 3.95. The maximum absolute atomic E-state index is 13.1. The lowest BCUT2D eigenvalue weighted by Crippen LogP contribution is -2.42. The summed E-state index contributed by atoms with van der Waals surface area (Å²) < 4.78 is 26.3. The summed E-state index contributed by atoms with van der Waals surface area (Å²) in [5.74, 6) is -1.69. The SMILES string of the molecule is CC(C)(CCNC1CC(c2cc(F)cc(F)c2)C1)C(=O)O. The number of carboxylic acids is 1. The molecule has 0 unspecified atom stereocenters. The van der Waals surface area contributed by atoms with Crippen molar-refractivity contribution < 1.29 is 18.7 Å². The van der Waals surface area contributed by atoms with Gasteiger partial charge in [-0.2, -0.15) is 0 Å². The fourth-order valence-corrected chi connectivity index (χ4v) is 2.56. The second kappa shape index (κ2) is 6.10. The van der Waals surface area contributed by atoms with E-state index in [1.165, 1.54) is 12.1 Å². The Balaban J connectivity index is 1.76. The average molecular weight is 297 g/mol. The highest BCUT2D eigenvalue weighted by atomic mass is 19.1. The molecule has 1 saturated carbocycles. The molecule has 0 saturated heterocycles. The van der Waals surface area contributed by atoms with E-state index < -0.39 is 23.0 Å². The van der Waals surface area contributed by atoms with E-state index in [2.05, 4.69) is 5.32 Å². The largest absolute Gasteiger partial charge is 0.481 e. The molecule has 0 bridgehead atoms. The van der Waals surface area contributed by atoms with Crippen LogP contribution in [0.5, 0.6) is 0 Å². The Hall–Kier alpha value is -1.49. The number of halogens is 2. The molecular weight excluding hydrogens is 276 g/mol. The number of carbonyl (C=O) groups is 1. The summed E-state index contributed by atoms with van der Waals surface area (Å²) in [5, 5.41) is 12.3. The zero-order valence-electron chi connectivity index (χ0n) is 12.3. The summed E-state index contributed by atoms with van der Waals surface area (Å²) in [5.41, 5.74) is -0.0293. The second-order valence-electron chi connectivity index (χ2n) is 6.46. The third-order valence-corrected chi connectivity index (χ3v) is 4.26. The van der Waals surface area contributed by atoms with Crippen LogP contribution in [0.15, 0.2) is 18.2 Å². The number of hydrogen-bond donors (Lipinski definition) is 2. The molecule has 1 fully saturated rings. The van der Waals surface area contributed by atoms with E-state index in [9.17, 15) is 13.6 Å². The van der Waals surface area contributed by atoms with E-state index in [1.54, 1.807) is 13.8 Å². The molecule has 0 radical (unpaired) electrons. The summed E-state index contributed by atoms with van der Waals surface area (Å²) in [6.07, 6.45) is 2.21. The smallest absolute Gasteiger partial charge is 0.309 e.